The average molecular weight is 552 g/mol. The molecule has 1 atom stereocenters. The fraction of sp³-hybridized carbons (Fsp3) is 0.333. The van der Waals surface area contributed by atoms with Crippen LogP contribution in [0.1, 0.15) is 26.3 Å². The van der Waals surface area contributed by atoms with Crippen molar-refractivity contribution in [2.24, 2.45) is 5.92 Å². The molecule has 0 aliphatic heterocycles. The van der Waals surface area contributed by atoms with Crippen LogP contribution in [-0.2, 0) is 26.0 Å². The topological polar surface area (TPSA) is 96.0 Å². The van der Waals surface area contributed by atoms with Gasteiger partial charge in [0.15, 0.2) is 0 Å². The molecule has 0 heterocycles. The summed E-state index contributed by atoms with van der Waals surface area (Å²) in [5.41, 5.74) is 1.36. The van der Waals surface area contributed by atoms with Crippen LogP contribution < -0.4 is 14.4 Å². The van der Waals surface area contributed by atoms with Gasteiger partial charge < -0.3 is 15.0 Å². The van der Waals surface area contributed by atoms with Gasteiger partial charge in [-0.05, 0) is 61.2 Å². The quantitative estimate of drug-likeness (QED) is 0.345. The number of ether oxygens (including phenoxy) is 1. The molecule has 39 heavy (non-hydrogen) atoms. The Labute approximate surface area is 231 Å². The van der Waals surface area contributed by atoms with Gasteiger partial charge in [-0.25, -0.2) is 8.42 Å². The first-order chi connectivity index (χ1) is 18.6. The van der Waals surface area contributed by atoms with E-state index in [-0.39, 0.29) is 23.3 Å². The molecule has 0 spiro atoms. The molecular weight excluding hydrogens is 514 g/mol. The van der Waals surface area contributed by atoms with Crippen molar-refractivity contribution in [2.75, 3.05) is 31.0 Å². The van der Waals surface area contributed by atoms with Gasteiger partial charge in [-0.3, -0.25) is 13.9 Å². The lowest BCUT2D eigenvalue weighted by atomic mass is 10.1. The summed E-state index contributed by atoms with van der Waals surface area (Å²) < 4.78 is 33.8. The number of carbonyl (C=O) groups is 2. The maximum atomic E-state index is 13.8. The predicted octanol–water partition coefficient (Wildman–Crippen LogP) is 4.12. The Kier molecular flexibility index (Phi) is 10.5. The fourth-order valence-electron chi connectivity index (χ4n) is 4.02. The molecule has 0 fully saturated rings. The number of anilines is 1. The van der Waals surface area contributed by atoms with Crippen molar-refractivity contribution in [3.63, 3.8) is 0 Å². The van der Waals surface area contributed by atoms with Gasteiger partial charge in [0.25, 0.3) is 10.0 Å². The first-order valence-electron chi connectivity index (χ1n) is 13.0. The third-order valence-corrected chi connectivity index (χ3v) is 8.09. The van der Waals surface area contributed by atoms with E-state index in [9.17, 15) is 18.0 Å². The summed E-state index contributed by atoms with van der Waals surface area (Å²) in [6.45, 7) is 5.92. The molecule has 2 amide bonds. The summed E-state index contributed by atoms with van der Waals surface area (Å²) in [6.07, 6.45) is 0.519. The molecule has 208 valence electrons. The van der Waals surface area contributed by atoms with E-state index in [0.29, 0.717) is 24.4 Å². The Morgan fingerprint density at radius 3 is 2.03 bits per heavy atom. The molecule has 0 bridgehead atoms. The molecule has 9 heteroatoms. The largest absolute Gasteiger partial charge is 0.497 e. The summed E-state index contributed by atoms with van der Waals surface area (Å²) in [6, 6.07) is 23.4. The Balaban J connectivity index is 1.93. The van der Waals surface area contributed by atoms with Crippen molar-refractivity contribution in [2.45, 2.75) is 38.1 Å². The number of hydrogen-bond acceptors (Lipinski definition) is 5. The van der Waals surface area contributed by atoms with Gasteiger partial charge in [-0.15, -0.1) is 0 Å². The predicted molar refractivity (Wildman–Crippen MR) is 153 cm³/mol. The van der Waals surface area contributed by atoms with Crippen LogP contribution >= 0.6 is 0 Å². The number of carbonyl (C=O) groups excluding carboxylic acids is 2. The molecule has 3 rings (SSSR count). The van der Waals surface area contributed by atoms with Crippen LogP contribution in [0.25, 0.3) is 0 Å². The molecule has 3 aromatic carbocycles. The number of para-hydroxylation sites is 1. The van der Waals surface area contributed by atoms with E-state index in [0.717, 1.165) is 9.87 Å². The van der Waals surface area contributed by atoms with Gasteiger partial charge in [-0.1, -0.05) is 62.4 Å². The van der Waals surface area contributed by atoms with Crippen LogP contribution in [-0.4, -0.2) is 57.9 Å². The Hall–Kier alpha value is -3.85. The molecule has 8 nitrogen and oxygen atoms in total. The monoisotopic (exact) mass is 551 g/mol. The number of amides is 2. The summed E-state index contributed by atoms with van der Waals surface area (Å²) in [7, 11) is -2.61. The van der Waals surface area contributed by atoms with Crippen molar-refractivity contribution in [1.29, 1.82) is 0 Å². The number of benzene rings is 3. The average Bonchev–Trinajstić information content (AvgIpc) is 2.95. The maximum Gasteiger partial charge on any atom is 0.264 e. The summed E-state index contributed by atoms with van der Waals surface area (Å²) in [4.78, 5) is 28.3. The molecule has 0 unspecified atom stereocenters. The highest BCUT2D eigenvalue weighted by molar-refractivity contribution is 7.92. The lowest BCUT2D eigenvalue weighted by Crippen LogP contribution is -2.52. The van der Waals surface area contributed by atoms with E-state index >= 15 is 0 Å². The second kappa shape index (κ2) is 13.8. The zero-order valence-corrected chi connectivity index (χ0v) is 23.7. The Morgan fingerprint density at radius 1 is 0.872 bits per heavy atom. The normalized spacial score (nSPS) is 12.0. The molecule has 0 aromatic heterocycles. The van der Waals surface area contributed by atoms with Crippen LogP contribution in [0, 0.1) is 5.92 Å². The van der Waals surface area contributed by atoms with E-state index in [1.54, 1.807) is 49.4 Å². The molecule has 0 radical (unpaired) electrons. The van der Waals surface area contributed by atoms with E-state index < -0.39 is 28.5 Å². The highest BCUT2D eigenvalue weighted by Crippen LogP contribution is 2.25. The maximum absolute atomic E-state index is 13.8. The van der Waals surface area contributed by atoms with Gasteiger partial charge in [0.2, 0.25) is 11.8 Å². The first kappa shape index (κ1) is 29.7. The number of rotatable bonds is 13. The highest BCUT2D eigenvalue weighted by atomic mass is 32.2. The van der Waals surface area contributed by atoms with Gasteiger partial charge in [0, 0.05) is 13.1 Å². The number of nitrogens with one attached hydrogen (secondary N) is 1. The van der Waals surface area contributed by atoms with Crippen molar-refractivity contribution in [3.05, 3.63) is 90.5 Å². The zero-order chi connectivity index (χ0) is 28.4. The summed E-state index contributed by atoms with van der Waals surface area (Å²) >= 11 is 0. The van der Waals surface area contributed by atoms with Crippen LogP contribution in [0.2, 0.25) is 0 Å². The number of methoxy groups -OCH3 is 1. The van der Waals surface area contributed by atoms with Crippen LogP contribution in [0.5, 0.6) is 5.75 Å². The smallest absolute Gasteiger partial charge is 0.264 e. The van der Waals surface area contributed by atoms with Crippen molar-refractivity contribution >= 4 is 27.5 Å². The molecule has 0 saturated carbocycles. The second-order valence-electron chi connectivity index (χ2n) is 9.66. The van der Waals surface area contributed by atoms with Gasteiger partial charge in [0.1, 0.15) is 18.3 Å². The van der Waals surface area contributed by atoms with Crippen LogP contribution in [0.3, 0.4) is 0 Å². The van der Waals surface area contributed by atoms with Gasteiger partial charge in [-0.2, -0.15) is 0 Å². The SMILES string of the molecule is COc1ccc(S(=O)(=O)N(CC(=O)N(CCc2ccccc2)[C@H](C)C(=O)NCC(C)C)c2ccccc2)cc1. The van der Waals surface area contributed by atoms with Crippen molar-refractivity contribution < 1.29 is 22.7 Å². The van der Waals surface area contributed by atoms with E-state index in [2.05, 4.69) is 5.32 Å². The number of sulfonamides is 1. The van der Waals surface area contributed by atoms with E-state index in [4.69, 9.17) is 4.74 Å². The van der Waals surface area contributed by atoms with Crippen molar-refractivity contribution in [3.8, 4) is 5.75 Å². The minimum absolute atomic E-state index is 0.0264. The molecule has 0 aliphatic rings. The fourth-order valence-corrected chi connectivity index (χ4v) is 5.43. The van der Waals surface area contributed by atoms with Crippen LogP contribution in [0.4, 0.5) is 5.69 Å². The standard InChI is InChI=1S/C30H37N3O5S/c1-23(2)21-31-30(35)24(3)32(20-19-25-11-7-5-8-12-25)29(34)22-33(26-13-9-6-10-14-26)39(36,37)28-17-15-27(38-4)16-18-28/h5-18,23-24H,19-22H2,1-4H3,(H,31,35)/t24-/m1/s1. The minimum atomic E-state index is -4.11. The summed E-state index contributed by atoms with van der Waals surface area (Å²) in [5, 5.41) is 2.89. The van der Waals surface area contributed by atoms with Gasteiger partial charge >= 0.3 is 0 Å². The lowest BCUT2D eigenvalue weighted by Gasteiger charge is -2.32. The molecular formula is C30H37N3O5S. The van der Waals surface area contributed by atoms with Crippen LogP contribution in [0.15, 0.2) is 89.8 Å². The zero-order valence-electron chi connectivity index (χ0n) is 22.9. The second-order valence-corrected chi connectivity index (χ2v) is 11.5. The highest BCUT2D eigenvalue weighted by Gasteiger charge is 2.32. The first-order valence-corrected chi connectivity index (χ1v) is 14.4. The molecule has 0 saturated heterocycles. The van der Waals surface area contributed by atoms with Gasteiger partial charge in [0.05, 0.1) is 17.7 Å². The summed E-state index contributed by atoms with van der Waals surface area (Å²) in [5.74, 6) is 0.0101. The number of hydrogen-bond donors (Lipinski definition) is 1. The Bertz CT molecular complexity index is 1310. The lowest BCUT2D eigenvalue weighted by molar-refractivity contribution is -0.138. The minimum Gasteiger partial charge on any atom is -0.497 e. The third-order valence-electron chi connectivity index (χ3n) is 6.31. The van der Waals surface area contributed by atoms with Crippen molar-refractivity contribution in [1.82, 2.24) is 10.2 Å². The molecule has 3 aromatic rings. The molecule has 1 N–H and O–H groups in total. The third kappa shape index (κ3) is 8.07. The molecule has 0 aliphatic carbocycles. The van der Waals surface area contributed by atoms with E-state index in [1.807, 2.05) is 44.2 Å². The van der Waals surface area contributed by atoms with E-state index in [1.165, 1.54) is 24.1 Å². The number of nitrogens with zero attached hydrogens (tertiary/aromatic N) is 2. The Morgan fingerprint density at radius 2 is 1.46 bits per heavy atom.